The van der Waals surface area contributed by atoms with Crippen molar-refractivity contribution < 1.29 is 22.0 Å². The van der Waals surface area contributed by atoms with Crippen molar-refractivity contribution in [1.82, 2.24) is 9.62 Å². The van der Waals surface area contributed by atoms with Crippen LogP contribution in [0.25, 0.3) is 0 Å². The Kier molecular flexibility index (Phi) is 7.23. The Morgan fingerprint density at radius 2 is 1.38 bits per heavy atom. The fourth-order valence-electron chi connectivity index (χ4n) is 3.96. The van der Waals surface area contributed by atoms with Gasteiger partial charge in [-0.05, 0) is 60.5 Å². The normalized spacial score (nSPS) is 15.2. The molecule has 1 N–H and O–H groups in total. The summed E-state index contributed by atoms with van der Waals surface area (Å²) < 4.78 is 54.9. The van der Waals surface area contributed by atoms with Crippen molar-refractivity contribution in [3.63, 3.8) is 0 Å². The van der Waals surface area contributed by atoms with Gasteiger partial charge in [-0.3, -0.25) is 4.79 Å². The summed E-state index contributed by atoms with van der Waals surface area (Å²) in [6.07, 6.45) is 0.179. The van der Waals surface area contributed by atoms with E-state index in [2.05, 4.69) is 9.62 Å². The Labute approximate surface area is 197 Å². The fraction of sp³-hybridized carbons (Fsp3) is 0.240. The highest BCUT2D eigenvalue weighted by molar-refractivity contribution is 7.89. The van der Waals surface area contributed by atoms with Crippen molar-refractivity contribution in [3.05, 3.63) is 96.1 Å². The summed E-state index contributed by atoms with van der Waals surface area (Å²) in [5, 5.41) is 0. The summed E-state index contributed by atoms with van der Waals surface area (Å²) >= 11 is 0. The molecule has 0 bridgehead atoms. The van der Waals surface area contributed by atoms with Crippen LogP contribution < -0.4 is 9.62 Å². The lowest BCUT2D eigenvalue weighted by atomic mass is 10.1. The highest BCUT2D eigenvalue weighted by Gasteiger charge is 2.31. The molecule has 4 rings (SSSR count). The van der Waals surface area contributed by atoms with Gasteiger partial charge in [0.1, 0.15) is 17.7 Å². The van der Waals surface area contributed by atoms with Crippen LogP contribution in [-0.2, 0) is 21.2 Å². The van der Waals surface area contributed by atoms with Crippen LogP contribution in [0, 0.1) is 11.6 Å². The van der Waals surface area contributed by atoms with Gasteiger partial charge in [0, 0.05) is 31.9 Å². The van der Waals surface area contributed by atoms with Crippen molar-refractivity contribution in [2.24, 2.45) is 0 Å². The molecule has 3 aromatic carbocycles. The minimum absolute atomic E-state index is 0.110. The molecule has 0 aliphatic carbocycles. The van der Waals surface area contributed by atoms with Crippen LogP contribution in [0.1, 0.15) is 5.56 Å². The largest absolute Gasteiger partial charge is 0.368 e. The zero-order chi connectivity index (χ0) is 24.1. The van der Waals surface area contributed by atoms with Crippen LogP contribution in [0.15, 0.2) is 83.8 Å². The summed E-state index contributed by atoms with van der Waals surface area (Å²) in [7, 11) is -4.05. The fourth-order valence-corrected chi connectivity index (χ4v) is 5.14. The third-order valence-electron chi connectivity index (χ3n) is 5.79. The minimum atomic E-state index is -4.05. The first-order chi connectivity index (χ1) is 16.3. The highest BCUT2D eigenvalue weighted by Crippen LogP contribution is 2.19. The monoisotopic (exact) mass is 485 g/mol. The van der Waals surface area contributed by atoms with Crippen molar-refractivity contribution in [3.8, 4) is 0 Å². The molecule has 1 amide bonds. The number of carbonyl (C=O) groups excluding carboxylic acids is 1. The number of hydrogen-bond acceptors (Lipinski definition) is 4. The maximum absolute atomic E-state index is 13.4. The number of carbonyl (C=O) groups is 1. The Bertz CT molecular complexity index is 1210. The smallest absolute Gasteiger partial charge is 0.241 e. The molecule has 0 spiro atoms. The van der Waals surface area contributed by atoms with Gasteiger partial charge in [-0.1, -0.05) is 30.3 Å². The summed E-state index contributed by atoms with van der Waals surface area (Å²) in [5.41, 5.74) is 1.68. The zero-order valence-corrected chi connectivity index (χ0v) is 19.2. The number of halogens is 2. The molecule has 3 aromatic rings. The number of anilines is 1. The van der Waals surface area contributed by atoms with Crippen LogP contribution >= 0.6 is 0 Å². The van der Waals surface area contributed by atoms with Crippen LogP contribution in [-0.4, -0.2) is 51.4 Å². The van der Waals surface area contributed by atoms with Gasteiger partial charge in [0.05, 0.1) is 4.90 Å². The average Bonchev–Trinajstić information content (AvgIpc) is 2.84. The van der Waals surface area contributed by atoms with E-state index in [1.54, 1.807) is 17.0 Å². The number of nitrogens with one attached hydrogen (secondary N) is 1. The summed E-state index contributed by atoms with van der Waals surface area (Å²) in [4.78, 5) is 17.0. The predicted octanol–water partition coefficient (Wildman–Crippen LogP) is 3.20. The van der Waals surface area contributed by atoms with E-state index >= 15 is 0 Å². The topological polar surface area (TPSA) is 69.7 Å². The van der Waals surface area contributed by atoms with Crippen molar-refractivity contribution in [1.29, 1.82) is 0 Å². The molecule has 1 aliphatic rings. The van der Waals surface area contributed by atoms with Gasteiger partial charge in [-0.25, -0.2) is 17.2 Å². The Morgan fingerprint density at radius 1 is 0.824 bits per heavy atom. The third-order valence-corrected chi connectivity index (χ3v) is 7.27. The maximum Gasteiger partial charge on any atom is 0.241 e. The lowest BCUT2D eigenvalue weighted by molar-refractivity contribution is -0.133. The standard InChI is InChI=1S/C25H25F2N3O3S/c26-20-6-10-22(11-7-20)29-14-16-30(17-15-29)25(31)24(18-19-4-2-1-3-5-19)28-34(32,33)23-12-8-21(27)9-13-23/h1-13,24,28H,14-18H2/t24-/m0/s1. The van der Waals surface area contributed by atoms with Crippen molar-refractivity contribution >= 4 is 21.6 Å². The molecule has 1 aliphatic heterocycles. The second-order valence-corrected chi connectivity index (χ2v) is 9.82. The molecule has 0 saturated carbocycles. The second-order valence-electron chi connectivity index (χ2n) is 8.11. The first-order valence-electron chi connectivity index (χ1n) is 10.9. The van der Waals surface area contributed by atoms with Gasteiger partial charge in [0.15, 0.2) is 0 Å². The number of amides is 1. The molecule has 1 atom stereocenters. The molecule has 0 unspecified atom stereocenters. The summed E-state index contributed by atoms with van der Waals surface area (Å²) in [6.45, 7) is 1.89. The highest BCUT2D eigenvalue weighted by atomic mass is 32.2. The molecular weight excluding hydrogens is 460 g/mol. The first kappa shape index (κ1) is 23.8. The molecular formula is C25H25F2N3O3S. The van der Waals surface area contributed by atoms with E-state index in [0.29, 0.717) is 26.2 Å². The lowest BCUT2D eigenvalue weighted by Gasteiger charge is -2.37. The number of piperazine rings is 1. The number of rotatable bonds is 7. The molecule has 34 heavy (non-hydrogen) atoms. The molecule has 178 valence electrons. The van der Waals surface area contributed by atoms with E-state index in [1.807, 2.05) is 30.3 Å². The van der Waals surface area contributed by atoms with E-state index in [9.17, 15) is 22.0 Å². The SMILES string of the molecule is O=C([C@H](Cc1ccccc1)NS(=O)(=O)c1ccc(F)cc1)N1CCN(c2ccc(F)cc2)CC1. The summed E-state index contributed by atoms with van der Waals surface area (Å²) in [6, 6.07) is 18.8. The first-order valence-corrected chi connectivity index (χ1v) is 12.4. The molecule has 6 nitrogen and oxygen atoms in total. The molecule has 9 heteroatoms. The zero-order valence-electron chi connectivity index (χ0n) is 18.4. The van der Waals surface area contributed by atoms with Crippen LogP contribution in [0.3, 0.4) is 0 Å². The minimum Gasteiger partial charge on any atom is -0.368 e. The van der Waals surface area contributed by atoms with Gasteiger partial charge >= 0.3 is 0 Å². The number of nitrogens with zero attached hydrogens (tertiary/aromatic N) is 2. The quantitative estimate of drug-likeness (QED) is 0.558. The Hall–Kier alpha value is -3.30. The predicted molar refractivity (Wildman–Crippen MR) is 126 cm³/mol. The molecule has 1 fully saturated rings. The number of benzene rings is 3. The number of sulfonamides is 1. The van der Waals surface area contributed by atoms with Gasteiger partial charge in [0.2, 0.25) is 15.9 Å². The molecule has 1 saturated heterocycles. The average molecular weight is 486 g/mol. The maximum atomic E-state index is 13.4. The van der Waals surface area contributed by atoms with E-state index in [0.717, 1.165) is 23.4 Å². The second kappa shape index (κ2) is 10.3. The van der Waals surface area contributed by atoms with Gasteiger partial charge in [-0.15, -0.1) is 0 Å². The van der Waals surface area contributed by atoms with Gasteiger partial charge < -0.3 is 9.80 Å². The number of hydrogen-bond donors (Lipinski definition) is 1. The van der Waals surface area contributed by atoms with Crippen LogP contribution in [0.2, 0.25) is 0 Å². The summed E-state index contributed by atoms with van der Waals surface area (Å²) in [5.74, 6) is -1.18. The van der Waals surface area contributed by atoms with Crippen LogP contribution in [0.5, 0.6) is 0 Å². The van der Waals surface area contributed by atoms with Crippen LogP contribution in [0.4, 0.5) is 14.5 Å². The molecule has 1 heterocycles. The van der Waals surface area contributed by atoms with E-state index in [1.165, 1.54) is 24.3 Å². The van der Waals surface area contributed by atoms with Gasteiger partial charge in [-0.2, -0.15) is 4.72 Å². The van der Waals surface area contributed by atoms with Crippen molar-refractivity contribution in [2.45, 2.75) is 17.4 Å². The third kappa shape index (κ3) is 5.78. The van der Waals surface area contributed by atoms with Crippen molar-refractivity contribution in [2.75, 3.05) is 31.1 Å². The van der Waals surface area contributed by atoms with E-state index in [-0.39, 0.29) is 23.0 Å². The van der Waals surface area contributed by atoms with Gasteiger partial charge in [0.25, 0.3) is 0 Å². The van der Waals surface area contributed by atoms with E-state index < -0.39 is 21.9 Å². The van der Waals surface area contributed by atoms with E-state index in [4.69, 9.17) is 0 Å². The molecule has 0 radical (unpaired) electrons. The Balaban J connectivity index is 1.50. The Morgan fingerprint density at radius 3 is 1.97 bits per heavy atom. The molecule has 0 aromatic heterocycles. The lowest BCUT2D eigenvalue weighted by Crippen LogP contribution is -2.55.